The second-order valence-corrected chi connectivity index (χ2v) is 3.84. The van der Waals surface area contributed by atoms with Crippen LogP contribution in [0.1, 0.15) is 12.8 Å². The van der Waals surface area contributed by atoms with Gasteiger partial charge in [-0.3, -0.25) is 5.43 Å². The van der Waals surface area contributed by atoms with Crippen LogP contribution in [0, 0.1) is 0 Å². The predicted octanol–water partition coefficient (Wildman–Crippen LogP) is 1.28. The lowest BCUT2D eigenvalue weighted by Gasteiger charge is -2.17. The Bertz CT molecular complexity index is 357. The van der Waals surface area contributed by atoms with E-state index < -0.39 is 6.03 Å². The molecule has 0 spiro atoms. The van der Waals surface area contributed by atoms with Gasteiger partial charge in [0.2, 0.25) is 0 Å². The lowest BCUT2D eigenvalue weighted by molar-refractivity contribution is 0.252. The van der Waals surface area contributed by atoms with Gasteiger partial charge in [-0.2, -0.15) is 0 Å². The Kier molecular flexibility index (Phi) is 3.26. The molecule has 0 bridgehead atoms. The summed E-state index contributed by atoms with van der Waals surface area (Å²) < 4.78 is 0. The summed E-state index contributed by atoms with van der Waals surface area (Å²) in [6.07, 6.45) is 2.52. The van der Waals surface area contributed by atoms with Crippen LogP contribution in [0.3, 0.4) is 0 Å². The molecule has 86 valence electrons. The summed E-state index contributed by atoms with van der Waals surface area (Å²) in [5, 5.41) is 2.62. The number of carbonyl (C=O) groups excluding carboxylic acids is 1. The molecule has 0 aromatic heterocycles. The number of anilines is 2. The highest BCUT2D eigenvalue weighted by atomic mass is 16.2. The topological polar surface area (TPSA) is 70.4 Å². The minimum absolute atomic E-state index is 0.408. The quantitative estimate of drug-likeness (QED) is 0.399. The van der Waals surface area contributed by atoms with E-state index >= 15 is 0 Å². The maximum absolute atomic E-state index is 11.0. The maximum Gasteiger partial charge on any atom is 0.333 e. The first-order chi connectivity index (χ1) is 7.79. The Hall–Kier alpha value is -1.75. The number of nitrogens with two attached hydrogens (primary N) is 1. The second-order valence-electron chi connectivity index (χ2n) is 3.84. The van der Waals surface area contributed by atoms with Crippen LogP contribution in [-0.2, 0) is 0 Å². The van der Waals surface area contributed by atoms with E-state index in [9.17, 15) is 4.79 Å². The van der Waals surface area contributed by atoms with E-state index in [1.165, 1.54) is 18.5 Å². The number of nitrogens with one attached hydrogen (secondary N) is 2. The number of carbonyl (C=O) groups is 1. The van der Waals surface area contributed by atoms with Crippen molar-refractivity contribution >= 4 is 17.4 Å². The van der Waals surface area contributed by atoms with E-state index in [2.05, 4.69) is 10.2 Å². The van der Waals surface area contributed by atoms with Gasteiger partial charge in [0.1, 0.15) is 0 Å². The van der Waals surface area contributed by atoms with Crippen LogP contribution in [0.5, 0.6) is 0 Å². The molecule has 0 atom stereocenters. The molecule has 1 fully saturated rings. The molecule has 1 aromatic carbocycles. The van der Waals surface area contributed by atoms with Gasteiger partial charge in [0.25, 0.3) is 0 Å². The molecule has 0 saturated carbocycles. The molecule has 0 unspecified atom stereocenters. The first-order valence-electron chi connectivity index (χ1n) is 5.42. The minimum Gasteiger partial charge on any atom is -0.372 e. The normalized spacial score (nSPS) is 14.9. The zero-order valence-corrected chi connectivity index (χ0v) is 9.07. The highest BCUT2D eigenvalue weighted by Crippen LogP contribution is 2.21. The van der Waals surface area contributed by atoms with Crippen LogP contribution >= 0.6 is 0 Å². The number of hydrogen-bond donors (Lipinski definition) is 3. The largest absolute Gasteiger partial charge is 0.372 e. The average Bonchev–Trinajstić information content (AvgIpc) is 2.83. The highest BCUT2D eigenvalue weighted by molar-refractivity contribution is 5.88. The molecule has 2 amide bonds. The first-order valence-corrected chi connectivity index (χ1v) is 5.42. The zero-order valence-electron chi connectivity index (χ0n) is 9.07. The molecule has 4 N–H and O–H groups in total. The first kappa shape index (κ1) is 10.8. The van der Waals surface area contributed by atoms with Crippen molar-refractivity contribution in [3.63, 3.8) is 0 Å². The number of benzene rings is 1. The van der Waals surface area contributed by atoms with E-state index in [0.717, 1.165) is 18.8 Å². The molecule has 5 nitrogen and oxygen atoms in total. The van der Waals surface area contributed by atoms with Gasteiger partial charge < -0.3 is 10.2 Å². The molecule has 5 heteroatoms. The lowest BCUT2D eigenvalue weighted by Crippen LogP contribution is -2.34. The molecule has 16 heavy (non-hydrogen) atoms. The fraction of sp³-hybridized carbons (Fsp3) is 0.364. The molecule has 1 saturated heterocycles. The fourth-order valence-electron chi connectivity index (χ4n) is 1.90. The van der Waals surface area contributed by atoms with Gasteiger partial charge in [-0.15, -0.1) is 0 Å². The summed E-state index contributed by atoms with van der Waals surface area (Å²) in [4.78, 5) is 13.3. The zero-order chi connectivity index (χ0) is 11.4. The van der Waals surface area contributed by atoms with Crippen molar-refractivity contribution in [2.75, 3.05) is 23.3 Å². The summed E-state index contributed by atoms with van der Waals surface area (Å²) in [5.41, 5.74) is 3.97. The second kappa shape index (κ2) is 4.85. The van der Waals surface area contributed by atoms with Crippen LogP contribution in [0.15, 0.2) is 24.3 Å². The summed E-state index contributed by atoms with van der Waals surface area (Å²) in [6.45, 7) is 2.24. The van der Waals surface area contributed by atoms with Gasteiger partial charge >= 0.3 is 6.03 Å². The monoisotopic (exact) mass is 220 g/mol. The lowest BCUT2D eigenvalue weighted by atomic mass is 10.2. The molecule has 1 aliphatic heterocycles. The van der Waals surface area contributed by atoms with E-state index in [1.807, 2.05) is 29.7 Å². The Balaban J connectivity index is 2.01. The van der Waals surface area contributed by atoms with E-state index in [1.54, 1.807) is 0 Å². The van der Waals surface area contributed by atoms with Crippen molar-refractivity contribution in [3.05, 3.63) is 24.3 Å². The number of nitrogens with zero attached hydrogens (tertiary/aromatic N) is 1. The van der Waals surface area contributed by atoms with Crippen LogP contribution in [0.4, 0.5) is 16.2 Å². The molecule has 0 radical (unpaired) electrons. The molecule has 2 rings (SSSR count). The third-order valence-electron chi connectivity index (χ3n) is 2.73. The molecule has 1 heterocycles. The summed E-state index contributed by atoms with van der Waals surface area (Å²) in [7, 11) is 0. The van der Waals surface area contributed by atoms with Crippen LogP contribution in [0.2, 0.25) is 0 Å². The van der Waals surface area contributed by atoms with Crippen molar-refractivity contribution in [3.8, 4) is 0 Å². The number of hydrogen-bond acceptors (Lipinski definition) is 3. The van der Waals surface area contributed by atoms with Crippen molar-refractivity contribution in [2.24, 2.45) is 5.84 Å². The van der Waals surface area contributed by atoms with Gasteiger partial charge in [0.05, 0.1) is 0 Å². The van der Waals surface area contributed by atoms with Crippen LogP contribution in [0.25, 0.3) is 0 Å². The smallest absolute Gasteiger partial charge is 0.333 e. The predicted molar refractivity (Wildman–Crippen MR) is 64.2 cm³/mol. The Morgan fingerprint density at radius 3 is 2.38 bits per heavy atom. The van der Waals surface area contributed by atoms with Gasteiger partial charge in [-0.1, -0.05) is 0 Å². The van der Waals surface area contributed by atoms with Gasteiger partial charge in [0, 0.05) is 24.5 Å². The number of urea groups is 1. The maximum atomic E-state index is 11.0. The molecular formula is C11H16N4O. The number of rotatable bonds is 2. The average molecular weight is 220 g/mol. The van der Waals surface area contributed by atoms with Crippen LogP contribution in [-0.4, -0.2) is 19.1 Å². The van der Waals surface area contributed by atoms with Crippen LogP contribution < -0.4 is 21.5 Å². The van der Waals surface area contributed by atoms with E-state index in [0.29, 0.717) is 0 Å². The molecule has 1 aromatic rings. The number of amides is 2. The summed E-state index contributed by atoms with van der Waals surface area (Å²) in [5.74, 6) is 4.98. The SMILES string of the molecule is NNC(=O)Nc1ccc(N2CCCC2)cc1. The summed E-state index contributed by atoms with van der Waals surface area (Å²) in [6, 6.07) is 7.37. The van der Waals surface area contributed by atoms with Crippen molar-refractivity contribution in [2.45, 2.75) is 12.8 Å². The van der Waals surface area contributed by atoms with E-state index in [-0.39, 0.29) is 0 Å². The Morgan fingerprint density at radius 2 is 1.81 bits per heavy atom. The summed E-state index contributed by atoms with van der Waals surface area (Å²) >= 11 is 0. The molecular weight excluding hydrogens is 204 g/mol. The fourth-order valence-corrected chi connectivity index (χ4v) is 1.90. The third kappa shape index (κ3) is 2.43. The molecule has 1 aliphatic rings. The van der Waals surface area contributed by atoms with Crippen molar-refractivity contribution in [1.82, 2.24) is 5.43 Å². The van der Waals surface area contributed by atoms with Gasteiger partial charge in [0.15, 0.2) is 0 Å². The highest BCUT2D eigenvalue weighted by Gasteiger charge is 2.11. The molecule has 0 aliphatic carbocycles. The third-order valence-corrected chi connectivity index (χ3v) is 2.73. The van der Waals surface area contributed by atoms with Crippen molar-refractivity contribution in [1.29, 1.82) is 0 Å². The Labute approximate surface area is 94.6 Å². The van der Waals surface area contributed by atoms with Gasteiger partial charge in [-0.05, 0) is 37.1 Å². The minimum atomic E-state index is -0.408. The Morgan fingerprint density at radius 1 is 1.19 bits per heavy atom. The number of hydrazine groups is 1. The van der Waals surface area contributed by atoms with Gasteiger partial charge in [-0.25, -0.2) is 10.6 Å². The van der Waals surface area contributed by atoms with Crippen molar-refractivity contribution < 1.29 is 4.79 Å². The standard InChI is InChI=1S/C11H16N4O/c12-14-11(16)13-9-3-5-10(6-4-9)15-7-1-2-8-15/h3-6H,1-2,7-8,12H2,(H2,13,14,16). The van der Waals surface area contributed by atoms with E-state index in [4.69, 9.17) is 5.84 Å².